The maximum absolute atomic E-state index is 15.1. The van der Waals surface area contributed by atoms with E-state index in [9.17, 15) is 18.3 Å². The number of aliphatic hydroxyl groups is 1. The van der Waals surface area contributed by atoms with Gasteiger partial charge in [0.25, 0.3) is 0 Å². The predicted molar refractivity (Wildman–Crippen MR) is 132 cm³/mol. The maximum atomic E-state index is 15.1. The van der Waals surface area contributed by atoms with Crippen LogP contribution < -0.4 is 0 Å². The normalized spacial score (nSPS) is 13.6. The summed E-state index contributed by atoms with van der Waals surface area (Å²) in [6.07, 6.45) is -3.19. The van der Waals surface area contributed by atoms with E-state index in [1.54, 1.807) is 42.5 Å². The standard InChI is InChI=1S/C25H26F4N8O/c1-13-20(36(5)34-32-13)14-11-17-19(31-12-14)21-22(23(24(2,3)38)33-35(21)4)37(17)16(8-9-25(27,28)29)18-15(26)7-6-10-30-18/h6-7,10-12,16,38H,8-9H2,1-5H3/t16-/m0/s1. The minimum atomic E-state index is -4.49. The van der Waals surface area contributed by atoms with Gasteiger partial charge in [0.2, 0.25) is 0 Å². The Morgan fingerprint density at radius 2 is 1.82 bits per heavy atom. The number of hydrogen-bond acceptors (Lipinski definition) is 6. The third kappa shape index (κ3) is 4.30. The number of nitrogens with zero attached hydrogens (tertiary/aromatic N) is 8. The van der Waals surface area contributed by atoms with Gasteiger partial charge in [-0.2, -0.15) is 18.3 Å². The van der Waals surface area contributed by atoms with E-state index in [0.717, 1.165) is 0 Å². The number of rotatable bonds is 6. The predicted octanol–water partition coefficient (Wildman–Crippen LogP) is 4.72. The van der Waals surface area contributed by atoms with Crippen LogP contribution in [0.1, 0.15) is 49.8 Å². The Kier molecular flexibility index (Phi) is 6.01. The fraction of sp³-hybridized carbons (Fsp3) is 0.400. The van der Waals surface area contributed by atoms with Crippen LogP contribution in [0.25, 0.3) is 33.3 Å². The topological polar surface area (TPSA) is 99.5 Å². The van der Waals surface area contributed by atoms with Crippen molar-refractivity contribution < 1.29 is 22.7 Å². The molecule has 200 valence electrons. The number of hydrogen-bond donors (Lipinski definition) is 1. The highest BCUT2D eigenvalue weighted by Gasteiger charge is 2.36. The molecule has 5 aromatic rings. The van der Waals surface area contributed by atoms with Gasteiger partial charge in [0, 0.05) is 38.5 Å². The van der Waals surface area contributed by atoms with E-state index >= 15 is 4.39 Å². The van der Waals surface area contributed by atoms with Crippen LogP contribution in [-0.2, 0) is 19.7 Å². The minimum absolute atomic E-state index is 0.148. The second kappa shape index (κ2) is 8.86. The van der Waals surface area contributed by atoms with Gasteiger partial charge >= 0.3 is 6.18 Å². The third-order valence-corrected chi connectivity index (χ3v) is 6.58. The Balaban J connectivity index is 1.91. The highest BCUT2D eigenvalue weighted by Crippen LogP contribution is 2.41. The smallest absolute Gasteiger partial charge is 0.384 e. The van der Waals surface area contributed by atoms with Crippen LogP contribution in [0.3, 0.4) is 0 Å². The molecule has 0 unspecified atom stereocenters. The highest BCUT2D eigenvalue weighted by molar-refractivity contribution is 6.06. The molecule has 0 radical (unpaired) electrons. The molecule has 0 amide bonds. The summed E-state index contributed by atoms with van der Waals surface area (Å²) in [4.78, 5) is 8.81. The number of aryl methyl sites for hydroxylation is 3. The van der Waals surface area contributed by atoms with E-state index in [2.05, 4.69) is 25.4 Å². The number of aromatic nitrogens is 8. The van der Waals surface area contributed by atoms with Crippen molar-refractivity contribution in [1.29, 1.82) is 0 Å². The second-order valence-corrected chi connectivity index (χ2v) is 9.88. The molecule has 13 heteroatoms. The molecule has 5 heterocycles. The summed E-state index contributed by atoms with van der Waals surface area (Å²) in [5, 5.41) is 23.6. The van der Waals surface area contributed by atoms with Crippen LogP contribution in [0.15, 0.2) is 30.6 Å². The van der Waals surface area contributed by atoms with Gasteiger partial charge in [-0.3, -0.25) is 14.6 Å². The fourth-order valence-corrected chi connectivity index (χ4v) is 5.00. The molecule has 9 nitrogen and oxygen atoms in total. The average molecular weight is 531 g/mol. The summed E-state index contributed by atoms with van der Waals surface area (Å²) in [6.45, 7) is 4.85. The summed E-state index contributed by atoms with van der Waals surface area (Å²) in [5.74, 6) is -0.737. The van der Waals surface area contributed by atoms with Gasteiger partial charge in [-0.1, -0.05) is 5.21 Å². The Bertz CT molecular complexity index is 1640. The largest absolute Gasteiger partial charge is 0.389 e. The molecule has 0 fully saturated rings. The fourth-order valence-electron chi connectivity index (χ4n) is 5.00. The SMILES string of the molecule is Cc1nnn(C)c1-c1cnc2c3c(c(C(C)(C)O)nn3C)n([C@@H](CCC(F)(F)F)c3ncccc3F)c2c1. The molecule has 0 spiro atoms. The quantitative estimate of drug-likeness (QED) is 0.319. The van der Waals surface area contributed by atoms with Crippen molar-refractivity contribution in [3.8, 4) is 11.3 Å². The highest BCUT2D eigenvalue weighted by atomic mass is 19.4. The zero-order valence-electron chi connectivity index (χ0n) is 21.4. The van der Waals surface area contributed by atoms with Gasteiger partial charge in [-0.25, -0.2) is 9.07 Å². The van der Waals surface area contributed by atoms with Crippen molar-refractivity contribution in [2.24, 2.45) is 14.1 Å². The van der Waals surface area contributed by atoms with E-state index in [4.69, 9.17) is 0 Å². The second-order valence-electron chi connectivity index (χ2n) is 9.88. The Morgan fingerprint density at radius 1 is 1.08 bits per heavy atom. The molecule has 0 saturated carbocycles. The van der Waals surface area contributed by atoms with Gasteiger partial charge in [0.15, 0.2) is 0 Å². The average Bonchev–Trinajstić information content (AvgIpc) is 3.45. The van der Waals surface area contributed by atoms with Crippen LogP contribution in [-0.4, -0.2) is 50.6 Å². The first-order valence-electron chi connectivity index (χ1n) is 11.9. The van der Waals surface area contributed by atoms with Crippen LogP contribution in [0.4, 0.5) is 17.6 Å². The summed E-state index contributed by atoms with van der Waals surface area (Å²) in [6, 6.07) is 3.14. The molecule has 0 aromatic carbocycles. The molecular weight excluding hydrogens is 504 g/mol. The lowest BCUT2D eigenvalue weighted by Crippen LogP contribution is -2.21. The number of pyridine rings is 2. The Labute approximate surface area is 214 Å². The van der Waals surface area contributed by atoms with Crippen molar-refractivity contribution in [1.82, 2.24) is 39.3 Å². The van der Waals surface area contributed by atoms with Crippen molar-refractivity contribution in [2.45, 2.75) is 51.4 Å². The van der Waals surface area contributed by atoms with Crippen LogP contribution in [0.5, 0.6) is 0 Å². The Morgan fingerprint density at radius 3 is 2.42 bits per heavy atom. The molecule has 0 aliphatic carbocycles. The Hall–Kier alpha value is -3.87. The summed E-state index contributed by atoms with van der Waals surface area (Å²) in [5.41, 5.74) is 2.28. The van der Waals surface area contributed by atoms with Gasteiger partial charge in [0.05, 0.1) is 34.2 Å². The molecule has 0 bridgehead atoms. The lowest BCUT2D eigenvalue weighted by atomic mass is 10.0. The lowest BCUT2D eigenvalue weighted by molar-refractivity contribution is -0.136. The molecule has 1 N–H and O–H groups in total. The van der Waals surface area contributed by atoms with Crippen molar-refractivity contribution in [2.75, 3.05) is 0 Å². The maximum Gasteiger partial charge on any atom is 0.389 e. The monoisotopic (exact) mass is 530 g/mol. The molecule has 0 aliphatic rings. The summed E-state index contributed by atoms with van der Waals surface area (Å²) in [7, 11) is 3.39. The van der Waals surface area contributed by atoms with Crippen LogP contribution in [0.2, 0.25) is 0 Å². The summed E-state index contributed by atoms with van der Waals surface area (Å²) >= 11 is 0. The summed E-state index contributed by atoms with van der Waals surface area (Å²) < 4.78 is 60.3. The van der Waals surface area contributed by atoms with Gasteiger partial charge in [-0.15, -0.1) is 5.10 Å². The molecule has 5 aromatic heterocycles. The van der Waals surface area contributed by atoms with E-state index in [0.29, 0.717) is 39.0 Å². The zero-order valence-corrected chi connectivity index (χ0v) is 21.4. The van der Waals surface area contributed by atoms with Crippen LogP contribution >= 0.6 is 0 Å². The number of halogens is 4. The van der Waals surface area contributed by atoms with Gasteiger partial charge in [-0.05, 0) is 45.4 Å². The first-order valence-corrected chi connectivity index (χ1v) is 11.9. The van der Waals surface area contributed by atoms with Crippen LogP contribution in [0, 0.1) is 12.7 Å². The van der Waals surface area contributed by atoms with Crippen molar-refractivity contribution in [3.05, 3.63) is 53.5 Å². The zero-order chi connectivity index (χ0) is 27.6. The van der Waals surface area contributed by atoms with E-state index < -0.39 is 36.5 Å². The van der Waals surface area contributed by atoms with Crippen molar-refractivity contribution >= 4 is 22.1 Å². The van der Waals surface area contributed by atoms with Crippen molar-refractivity contribution in [3.63, 3.8) is 0 Å². The molecule has 1 atom stereocenters. The number of fused-ring (bicyclic) bond motifs is 3. The molecule has 5 rings (SSSR count). The minimum Gasteiger partial charge on any atom is -0.384 e. The lowest BCUT2D eigenvalue weighted by Gasteiger charge is -2.24. The number of alkyl halides is 3. The molecule has 0 saturated heterocycles. The van der Waals surface area contributed by atoms with Gasteiger partial charge < -0.3 is 9.67 Å². The first-order chi connectivity index (χ1) is 17.8. The van der Waals surface area contributed by atoms with E-state index in [1.165, 1.54) is 36.9 Å². The van der Waals surface area contributed by atoms with E-state index in [1.807, 2.05) is 0 Å². The third-order valence-electron chi connectivity index (χ3n) is 6.58. The van der Waals surface area contributed by atoms with Gasteiger partial charge in [0.1, 0.15) is 28.1 Å². The molecule has 0 aliphatic heterocycles. The first kappa shape index (κ1) is 25.8. The van der Waals surface area contributed by atoms with E-state index in [-0.39, 0.29) is 11.4 Å². The molecule has 38 heavy (non-hydrogen) atoms. The molecular formula is C25H26F4N8O.